The molecule has 3 N–H and O–H groups in total. The fourth-order valence-electron chi connectivity index (χ4n) is 1.83. The molecule has 1 aromatic carbocycles. The number of hydrogen-bond acceptors (Lipinski definition) is 8. The lowest BCUT2D eigenvalue weighted by molar-refractivity contribution is -0.151. The minimum atomic E-state index is -1.42. The molecule has 11 heteroatoms. The molecule has 0 aliphatic rings. The Bertz CT molecular complexity index is 678. The number of aromatic amines is 1. The highest BCUT2D eigenvalue weighted by atomic mass is 79.9. The molecule has 1 atom stereocenters. The molecule has 0 bridgehead atoms. The Labute approximate surface area is 145 Å². The number of nitrogens with one attached hydrogen (secondary N) is 2. The van der Waals surface area contributed by atoms with Crippen LogP contribution in [-0.4, -0.2) is 62.4 Å². The van der Waals surface area contributed by atoms with Crippen LogP contribution in [0.25, 0.3) is 0 Å². The summed E-state index contributed by atoms with van der Waals surface area (Å²) in [5, 5.41) is 23.8. The highest BCUT2D eigenvalue weighted by Gasteiger charge is 2.22. The van der Waals surface area contributed by atoms with Gasteiger partial charge < -0.3 is 9.84 Å². The summed E-state index contributed by atoms with van der Waals surface area (Å²) in [6, 6.07) is 7.35. The van der Waals surface area contributed by atoms with Crippen LogP contribution in [0.15, 0.2) is 28.7 Å². The van der Waals surface area contributed by atoms with Gasteiger partial charge in [0.15, 0.2) is 6.10 Å². The second-order valence-corrected chi connectivity index (χ2v) is 5.64. The highest BCUT2D eigenvalue weighted by Crippen LogP contribution is 2.12. The maximum Gasteiger partial charge on any atom is 0.336 e. The van der Waals surface area contributed by atoms with Gasteiger partial charge in [-0.1, -0.05) is 28.1 Å². The van der Waals surface area contributed by atoms with E-state index >= 15 is 0 Å². The van der Waals surface area contributed by atoms with Crippen molar-refractivity contribution in [3.63, 3.8) is 0 Å². The fraction of sp³-hybridized carbons (Fsp3) is 0.308. The number of rotatable bonds is 7. The van der Waals surface area contributed by atoms with E-state index in [0.29, 0.717) is 0 Å². The fourth-order valence-corrected chi connectivity index (χ4v) is 2.10. The number of carbonyl (C=O) groups is 2. The summed E-state index contributed by atoms with van der Waals surface area (Å²) in [5.74, 6) is -1.59. The van der Waals surface area contributed by atoms with Gasteiger partial charge in [0.2, 0.25) is 0 Å². The van der Waals surface area contributed by atoms with Gasteiger partial charge in [0.25, 0.3) is 5.82 Å². The van der Waals surface area contributed by atoms with Crippen molar-refractivity contribution in [2.75, 3.05) is 13.7 Å². The number of tetrazole rings is 1. The molecule has 24 heavy (non-hydrogen) atoms. The zero-order valence-electron chi connectivity index (χ0n) is 12.6. The van der Waals surface area contributed by atoms with Crippen molar-refractivity contribution < 1.29 is 19.4 Å². The highest BCUT2D eigenvalue weighted by molar-refractivity contribution is 9.10. The van der Waals surface area contributed by atoms with Gasteiger partial charge in [0.05, 0.1) is 13.7 Å². The number of methoxy groups -OCH3 is 1. The number of hydrazine groups is 1. The molecule has 0 aliphatic heterocycles. The predicted molar refractivity (Wildman–Crippen MR) is 84.2 cm³/mol. The van der Waals surface area contributed by atoms with E-state index in [1.165, 1.54) is 12.1 Å². The van der Waals surface area contributed by atoms with Crippen LogP contribution >= 0.6 is 15.9 Å². The third kappa shape index (κ3) is 5.08. The Morgan fingerprint density at radius 1 is 1.42 bits per heavy atom. The molecule has 2 aromatic rings. The van der Waals surface area contributed by atoms with Crippen molar-refractivity contribution >= 4 is 27.8 Å². The van der Waals surface area contributed by atoms with E-state index in [-0.39, 0.29) is 18.9 Å². The van der Waals surface area contributed by atoms with E-state index in [1.54, 1.807) is 0 Å². The van der Waals surface area contributed by atoms with Crippen LogP contribution in [0.2, 0.25) is 0 Å². The zero-order valence-corrected chi connectivity index (χ0v) is 14.2. The van der Waals surface area contributed by atoms with Crippen LogP contribution in [-0.2, 0) is 16.1 Å². The SMILES string of the molecule is COC(=O)C(O)CN(Cc1ccc(Br)cc1)NC(=O)c1nn[nH]n1. The van der Waals surface area contributed by atoms with Gasteiger partial charge in [0.1, 0.15) is 0 Å². The summed E-state index contributed by atoms with van der Waals surface area (Å²) >= 11 is 3.34. The van der Waals surface area contributed by atoms with Gasteiger partial charge in [-0.2, -0.15) is 5.21 Å². The number of ether oxygens (including phenoxy) is 1. The molecule has 0 saturated heterocycles. The van der Waals surface area contributed by atoms with Crippen molar-refractivity contribution in [3.8, 4) is 0 Å². The summed E-state index contributed by atoms with van der Waals surface area (Å²) in [4.78, 5) is 23.4. The lowest BCUT2D eigenvalue weighted by Crippen LogP contribution is -2.47. The number of aliphatic hydroxyl groups is 1. The lowest BCUT2D eigenvalue weighted by atomic mass is 10.2. The number of aromatic nitrogens is 4. The summed E-state index contributed by atoms with van der Waals surface area (Å²) < 4.78 is 5.39. The zero-order chi connectivity index (χ0) is 17.5. The minimum Gasteiger partial charge on any atom is -0.467 e. The van der Waals surface area contributed by atoms with Gasteiger partial charge in [-0.3, -0.25) is 10.2 Å². The number of carbonyl (C=O) groups excluding carboxylic acids is 2. The second kappa shape index (κ2) is 8.47. The Morgan fingerprint density at radius 2 is 2.12 bits per heavy atom. The molecule has 0 fully saturated rings. The molecule has 0 spiro atoms. The molecule has 10 nitrogen and oxygen atoms in total. The molecule has 2 rings (SSSR count). The molecular formula is C13H15BrN6O4. The first-order valence-corrected chi connectivity index (χ1v) is 7.58. The number of nitrogens with zero attached hydrogens (tertiary/aromatic N) is 4. The summed E-state index contributed by atoms with van der Waals surface area (Å²) in [6.45, 7) is 0.0667. The van der Waals surface area contributed by atoms with E-state index in [4.69, 9.17) is 0 Å². The molecule has 1 amide bonds. The number of halogens is 1. The molecule has 1 unspecified atom stereocenters. The van der Waals surface area contributed by atoms with Crippen molar-refractivity contribution in [1.82, 2.24) is 31.1 Å². The van der Waals surface area contributed by atoms with Crippen LogP contribution in [0, 0.1) is 0 Å². The van der Waals surface area contributed by atoms with Gasteiger partial charge in [0, 0.05) is 11.0 Å². The Kier molecular flexibility index (Phi) is 6.35. The van der Waals surface area contributed by atoms with E-state index in [2.05, 4.69) is 46.7 Å². The smallest absolute Gasteiger partial charge is 0.336 e. The normalized spacial score (nSPS) is 12.0. The van der Waals surface area contributed by atoms with Crippen LogP contribution < -0.4 is 5.43 Å². The first kappa shape index (κ1) is 18.0. The third-order valence-corrected chi connectivity index (χ3v) is 3.49. The maximum absolute atomic E-state index is 12.0. The largest absolute Gasteiger partial charge is 0.467 e. The lowest BCUT2D eigenvalue weighted by Gasteiger charge is -2.24. The molecular weight excluding hydrogens is 384 g/mol. The van der Waals surface area contributed by atoms with Gasteiger partial charge in [-0.25, -0.2) is 9.80 Å². The van der Waals surface area contributed by atoms with Crippen molar-refractivity contribution in [2.24, 2.45) is 0 Å². The standard InChI is InChI=1S/C13H15BrN6O4/c1-24-13(23)10(21)7-20(6-8-2-4-9(14)5-3-8)17-12(22)11-15-18-19-16-11/h2-5,10,21H,6-7H2,1H3,(H,17,22)(H,15,16,18,19). The number of esters is 1. The van der Waals surface area contributed by atoms with Crippen LogP contribution in [0.1, 0.15) is 16.2 Å². The van der Waals surface area contributed by atoms with E-state index in [9.17, 15) is 14.7 Å². The molecule has 1 heterocycles. The Hall–Kier alpha value is -2.37. The van der Waals surface area contributed by atoms with E-state index in [0.717, 1.165) is 10.0 Å². The summed E-state index contributed by atoms with van der Waals surface area (Å²) in [6.07, 6.45) is -1.42. The van der Waals surface area contributed by atoms with E-state index in [1.807, 2.05) is 24.3 Å². The summed E-state index contributed by atoms with van der Waals surface area (Å²) in [7, 11) is 1.17. The third-order valence-electron chi connectivity index (χ3n) is 2.96. The molecule has 128 valence electrons. The van der Waals surface area contributed by atoms with Crippen LogP contribution in [0.4, 0.5) is 0 Å². The molecule has 0 saturated carbocycles. The van der Waals surface area contributed by atoms with Gasteiger partial charge in [-0.15, -0.1) is 10.2 Å². The Morgan fingerprint density at radius 3 is 2.71 bits per heavy atom. The predicted octanol–water partition coefficient (Wildman–Crippen LogP) is -0.357. The van der Waals surface area contributed by atoms with Crippen molar-refractivity contribution in [3.05, 3.63) is 40.1 Å². The van der Waals surface area contributed by atoms with Gasteiger partial charge in [-0.05, 0) is 22.9 Å². The average Bonchev–Trinajstić information content (AvgIpc) is 3.10. The van der Waals surface area contributed by atoms with Crippen molar-refractivity contribution in [1.29, 1.82) is 0 Å². The molecule has 1 aromatic heterocycles. The van der Waals surface area contributed by atoms with Crippen molar-refractivity contribution in [2.45, 2.75) is 12.6 Å². The monoisotopic (exact) mass is 398 g/mol. The number of amides is 1. The molecule has 0 radical (unpaired) electrons. The first-order chi connectivity index (χ1) is 11.5. The maximum atomic E-state index is 12.0. The number of aliphatic hydroxyl groups excluding tert-OH is 1. The second-order valence-electron chi connectivity index (χ2n) is 4.72. The van der Waals surface area contributed by atoms with E-state index < -0.39 is 18.0 Å². The Balaban J connectivity index is 2.09. The topological polar surface area (TPSA) is 133 Å². The minimum absolute atomic E-state index is 0.164. The number of benzene rings is 1. The molecule has 0 aliphatic carbocycles. The van der Waals surface area contributed by atoms with Crippen LogP contribution in [0.3, 0.4) is 0 Å². The van der Waals surface area contributed by atoms with Gasteiger partial charge >= 0.3 is 11.9 Å². The number of hydrogen-bond donors (Lipinski definition) is 3. The van der Waals surface area contributed by atoms with Crippen LogP contribution in [0.5, 0.6) is 0 Å². The quantitative estimate of drug-likeness (QED) is 0.425. The average molecular weight is 399 g/mol. The number of H-pyrrole nitrogens is 1. The summed E-state index contributed by atoms with van der Waals surface area (Å²) in [5.41, 5.74) is 3.37. The first-order valence-electron chi connectivity index (χ1n) is 6.79.